The molecule has 0 fully saturated rings. The van der Waals surface area contributed by atoms with Gasteiger partial charge in [0.1, 0.15) is 5.76 Å². The monoisotopic (exact) mass is 256 g/mol. The van der Waals surface area contributed by atoms with Crippen molar-refractivity contribution in [2.24, 2.45) is 5.92 Å². The molecule has 1 aromatic heterocycles. The van der Waals surface area contributed by atoms with Crippen molar-refractivity contribution >= 4 is 5.78 Å². The van der Waals surface area contributed by atoms with Crippen molar-refractivity contribution in [3.8, 4) is 0 Å². The standard InChI is InChI=1S/C17H20O2/c1-4-16-15(9-10-19-16)17(18)14-7-5-13(6-8-14)11-12(2)3/h5-10,12H,4,11H2,1-3H3. The number of hydrogen-bond acceptors (Lipinski definition) is 2. The highest BCUT2D eigenvalue weighted by Gasteiger charge is 2.15. The Morgan fingerprint density at radius 2 is 1.84 bits per heavy atom. The van der Waals surface area contributed by atoms with Gasteiger partial charge in [-0.05, 0) is 24.0 Å². The fourth-order valence-electron chi connectivity index (χ4n) is 2.24. The van der Waals surface area contributed by atoms with Crippen molar-refractivity contribution in [1.29, 1.82) is 0 Å². The summed E-state index contributed by atoms with van der Waals surface area (Å²) in [5.74, 6) is 1.43. The third-order valence-corrected chi connectivity index (χ3v) is 3.17. The van der Waals surface area contributed by atoms with E-state index >= 15 is 0 Å². The van der Waals surface area contributed by atoms with Gasteiger partial charge in [-0.3, -0.25) is 4.79 Å². The van der Waals surface area contributed by atoms with Gasteiger partial charge < -0.3 is 4.42 Å². The first-order valence-electron chi connectivity index (χ1n) is 6.81. The van der Waals surface area contributed by atoms with Crippen molar-refractivity contribution in [2.45, 2.75) is 33.6 Å². The smallest absolute Gasteiger partial charge is 0.196 e. The first kappa shape index (κ1) is 13.6. The van der Waals surface area contributed by atoms with E-state index in [9.17, 15) is 4.79 Å². The molecule has 0 unspecified atom stereocenters. The summed E-state index contributed by atoms with van der Waals surface area (Å²) in [7, 11) is 0. The quantitative estimate of drug-likeness (QED) is 0.748. The fourth-order valence-corrected chi connectivity index (χ4v) is 2.24. The van der Waals surface area contributed by atoms with Crippen molar-refractivity contribution in [3.63, 3.8) is 0 Å². The lowest BCUT2D eigenvalue weighted by Crippen LogP contribution is -2.03. The van der Waals surface area contributed by atoms with Crippen LogP contribution in [0, 0.1) is 5.92 Å². The van der Waals surface area contributed by atoms with Gasteiger partial charge in [0, 0.05) is 12.0 Å². The molecule has 1 aromatic carbocycles. The second kappa shape index (κ2) is 5.87. The molecule has 0 aliphatic heterocycles. The Labute approximate surface area is 114 Å². The largest absolute Gasteiger partial charge is 0.469 e. The average Bonchev–Trinajstić information content (AvgIpc) is 2.86. The van der Waals surface area contributed by atoms with Crippen LogP contribution in [0.5, 0.6) is 0 Å². The highest BCUT2D eigenvalue weighted by Crippen LogP contribution is 2.17. The van der Waals surface area contributed by atoms with E-state index in [1.807, 2.05) is 31.2 Å². The molecule has 2 heteroatoms. The number of rotatable bonds is 5. The lowest BCUT2D eigenvalue weighted by Gasteiger charge is -2.06. The first-order chi connectivity index (χ1) is 9.11. The van der Waals surface area contributed by atoms with Crippen LogP contribution in [0.25, 0.3) is 0 Å². The van der Waals surface area contributed by atoms with Crippen LogP contribution in [0.15, 0.2) is 41.0 Å². The Morgan fingerprint density at radius 1 is 1.16 bits per heavy atom. The molecule has 0 spiro atoms. The molecule has 0 aliphatic carbocycles. The zero-order valence-corrected chi connectivity index (χ0v) is 11.8. The molecule has 0 saturated heterocycles. The second-order valence-electron chi connectivity index (χ2n) is 5.24. The fraction of sp³-hybridized carbons (Fsp3) is 0.353. The zero-order chi connectivity index (χ0) is 13.8. The molecular formula is C17H20O2. The number of benzene rings is 1. The van der Waals surface area contributed by atoms with E-state index in [-0.39, 0.29) is 5.78 Å². The van der Waals surface area contributed by atoms with E-state index in [1.165, 1.54) is 5.56 Å². The first-order valence-corrected chi connectivity index (χ1v) is 6.81. The van der Waals surface area contributed by atoms with E-state index in [1.54, 1.807) is 12.3 Å². The van der Waals surface area contributed by atoms with Gasteiger partial charge in [0.05, 0.1) is 11.8 Å². The van der Waals surface area contributed by atoms with Gasteiger partial charge in [-0.15, -0.1) is 0 Å². The maximum absolute atomic E-state index is 12.4. The summed E-state index contributed by atoms with van der Waals surface area (Å²) in [5.41, 5.74) is 2.68. The highest BCUT2D eigenvalue weighted by atomic mass is 16.3. The molecule has 19 heavy (non-hydrogen) atoms. The van der Waals surface area contributed by atoms with Crippen LogP contribution in [-0.2, 0) is 12.8 Å². The zero-order valence-electron chi connectivity index (χ0n) is 11.8. The van der Waals surface area contributed by atoms with Gasteiger partial charge in [-0.2, -0.15) is 0 Å². The van der Waals surface area contributed by atoms with E-state index in [4.69, 9.17) is 4.42 Å². The van der Waals surface area contributed by atoms with Gasteiger partial charge >= 0.3 is 0 Å². The van der Waals surface area contributed by atoms with Crippen LogP contribution in [0.4, 0.5) is 0 Å². The summed E-state index contributed by atoms with van der Waals surface area (Å²) in [6, 6.07) is 9.65. The number of aryl methyl sites for hydroxylation is 1. The summed E-state index contributed by atoms with van der Waals surface area (Å²) >= 11 is 0. The van der Waals surface area contributed by atoms with Crippen LogP contribution in [0.1, 0.15) is 48.0 Å². The minimum Gasteiger partial charge on any atom is -0.469 e. The van der Waals surface area contributed by atoms with Gasteiger partial charge in [0.15, 0.2) is 5.78 Å². The van der Waals surface area contributed by atoms with Crippen LogP contribution in [0.2, 0.25) is 0 Å². The molecule has 0 N–H and O–H groups in total. The summed E-state index contributed by atoms with van der Waals surface area (Å²) in [6.07, 6.45) is 3.36. The lowest BCUT2D eigenvalue weighted by atomic mass is 9.98. The molecule has 0 saturated carbocycles. The summed E-state index contributed by atoms with van der Waals surface area (Å²) < 4.78 is 5.31. The van der Waals surface area contributed by atoms with Crippen molar-refractivity contribution in [3.05, 3.63) is 59.0 Å². The van der Waals surface area contributed by atoms with Crippen LogP contribution in [-0.4, -0.2) is 5.78 Å². The second-order valence-corrected chi connectivity index (χ2v) is 5.24. The Morgan fingerprint density at radius 3 is 2.42 bits per heavy atom. The maximum atomic E-state index is 12.4. The maximum Gasteiger partial charge on any atom is 0.196 e. The predicted octanol–water partition coefficient (Wildman–Crippen LogP) is 4.27. The normalized spacial score (nSPS) is 10.9. The molecule has 2 aromatic rings. The van der Waals surface area contributed by atoms with Crippen molar-refractivity contribution < 1.29 is 9.21 Å². The highest BCUT2D eigenvalue weighted by molar-refractivity contribution is 6.09. The molecule has 0 aliphatic rings. The van der Waals surface area contributed by atoms with Gasteiger partial charge in [0.25, 0.3) is 0 Å². The van der Waals surface area contributed by atoms with E-state index in [2.05, 4.69) is 13.8 Å². The van der Waals surface area contributed by atoms with E-state index in [0.29, 0.717) is 11.5 Å². The third-order valence-electron chi connectivity index (χ3n) is 3.17. The molecule has 0 radical (unpaired) electrons. The van der Waals surface area contributed by atoms with Gasteiger partial charge in [-0.25, -0.2) is 0 Å². The molecule has 0 amide bonds. The minimum absolute atomic E-state index is 0.0432. The summed E-state index contributed by atoms with van der Waals surface area (Å²) in [4.78, 5) is 12.4. The average molecular weight is 256 g/mol. The third kappa shape index (κ3) is 3.14. The Balaban J connectivity index is 2.20. The Bertz CT molecular complexity index is 547. The molecule has 2 rings (SSSR count). The number of carbonyl (C=O) groups is 1. The van der Waals surface area contributed by atoms with Crippen molar-refractivity contribution in [1.82, 2.24) is 0 Å². The van der Waals surface area contributed by atoms with Crippen LogP contribution < -0.4 is 0 Å². The molecule has 0 atom stereocenters. The van der Waals surface area contributed by atoms with Crippen LogP contribution >= 0.6 is 0 Å². The van der Waals surface area contributed by atoms with E-state index in [0.717, 1.165) is 24.2 Å². The van der Waals surface area contributed by atoms with Crippen LogP contribution in [0.3, 0.4) is 0 Å². The molecule has 1 heterocycles. The SMILES string of the molecule is CCc1occc1C(=O)c1ccc(CC(C)C)cc1. The molecule has 100 valence electrons. The predicted molar refractivity (Wildman–Crippen MR) is 76.5 cm³/mol. The van der Waals surface area contributed by atoms with Gasteiger partial charge in [-0.1, -0.05) is 45.0 Å². The number of ketones is 1. The Hall–Kier alpha value is -1.83. The lowest BCUT2D eigenvalue weighted by molar-refractivity contribution is 0.103. The summed E-state index contributed by atoms with van der Waals surface area (Å²) in [6.45, 7) is 6.37. The molecule has 2 nitrogen and oxygen atoms in total. The number of furan rings is 1. The van der Waals surface area contributed by atoms with Gasteiger partial charge in [0.2, 0.25) is 0 Å². The summed E-state index contributed by atoms with van der Waals surface area (Å²) in [5, 5.41) is 0. The van der Waals surface area contributed by atoms with E-state index < -0.39 is 0 Å². The molecular weight excluding hydrogens is 236 g/mol. The minimum atomic E-state index is 0.0432. The number of hydrogen-bond donors (Lipinski definition) is 0. The Kier molecular flexibility index (Phi) is 4.20. The molecule has 0 bridgehead atoms. The number of carbonyl (C=O) groups excluding carboxylic acids is 1. The topological polar surface area (TPSA) is 30.2 Å². The van der Waals surface area contributed by atoms with Crippen molar-refractivity contribution in [2.75, 3.05) is 0 Å².